The molecule has 0 fully saturated rings. The minimum absolute atomic E-state index is 0.172. The molecule has 4 aromatic rings. The molecule has 34 heavy (non-hydrogen) atoms. The number of amides is 1. The van der Waals surface area contributed by atoms with E-state index in [9.17, 15) is 13.2 Å². The Balaban J connectivity index is 1.81. The summed E-state index contributed by atoms with van der Waals surface area (Å²) in [5.74, 6) is -0.404. The number of anilines is 2. The van der Waals surface area contributed by atoms with Gasteiger partial charge in [-0.2, -0.15) is 0 Å². The maximum atomic E-state index is 14.1. The van der Waals surface area contributed by atoms with E-state index in [-0.39, 0.29) is 11.4 Å². The maximum absolute atomic E-state index is 14.1. The van der Waals surface area contributed by atoms with Crippen molar-refractivity contribution in [3.8, 4) is 0 Å². The van der Waals surface area contributed by atoms with Crippen LogP contribution in [-0.2, 0) is 14.8 Å². The Labute approximate surface area is 201 Å². The summed E-state index contributed by atoms with van der Waals surface area (Å²) < 4.78 is 29.4. The second kappa shape index (κ2) is 9.31. The predicted octanol–water partition coefficient (Wildman–Crippen LogP) is 5.91. The molecule has 0 aliphatic heterocycles. The molecule has 6 heteroatoms. The van der Waals surface area contributed by atoms with Crippen molar-refractivity contribution in [2.75, 3.05) is 16.2 Å². The third kappa shape index (κ3) is 4.54. The van der Waals surface area contributed by atoms with Gasteiger partial charge in [0.25, 0.3) is 10.0 Å². The Hall–Kier alpha value is -3.64. The van der Waals surface area contributed by atoms with Gasteiger partial charge < -0.3 is 5.32 Å². The zero-order chi connectivity index (χ0) is 24.5. The topological polar surface area (TPSA) is 66.5 Å². The highest BCUT2D eigenvalue weighted by Gasteiger charge is 2.30. The summed E-state index contributed by atoms with van der Waals surface area (Å²) in [7, 11) is -4.05. The number of hydrogen-bond acceptors (Lipinski definition) is 3. The van der Waals surface area contributed by atoms with Crippen LogP contribution in [0.5, 0.6) is 0 Å². The summed E-state index contributed by atoms with van der Waals surface area (Å²) in [5, 5.41) is 4.35. The Bertz CT molecular complexity index is 1490. The van der Waals surface area contributed by atoms with Crippen molar-refractivity contribution in [2.24, 2.45) is 0 Å². The van der Waals surface area contributed by atoms with Crippen LogP contribution in [0.3, 0.4) is 0 Å². The number of fused-ring (bicyclic) bond motifs is 1. The number of nitrogens with zero attached hydrogens (tertiary/aromatic N) is 1. The Morgan fingerprint density at radius 2 is 1.53 bits per heavy atom. The number of sulfonamides is 1. The van der Waals surface area contributed by atoms with Gasteiger partial charge in [-0.3, -0.25) is 9.10 Å². The first kappa shape index (κ1) is 23.5. The fourth-order valence-electron chi connectivity index (χ4n) is 4.04. The largest absolute Gasteiger partial charge is 0.324 e. The molecular formula is C28H28N2O3S. The second-order valence-corrected chi connectivity index (χ2v) is 10.4. The first-order valence-electron chi connectivity index (χ1n) is 11.1. The van der Waals surface area contributed by atoms with Crippen molar-refractivity contribution in [3.05, 3.63) is 101 Å². The molecule has 174 valence electrons. The Morgan fingerprint density at radius 3 is 2.32 bits per heavy atom. The number of nitrogens with one attached hydrogen (secondary N) is 1. The maximum Gasteiger partial charge on any atom is 0.265 e. The summed E-state index contributed by atoms with van der Waals surface area (Å²) in [6.45, 7) is 7.31. The monoisotopic (exact) mass is 472 g/mol. The lowest BCUT2D eigenvalue weighted by Crippen LogP contribution is -2.38. The van der Waals surface area contributed by atoms with E-state index in [2.05, 4.69) is 5.32 Å². The number of benzene rings is 4. The van der Waals surface area contributed by atoms with Crippen LogP contribution in [0, 0.1) is 27.7 Å². The van der Waals surface area contributed by atoms with E-state index in [1.807, 2.05) is 82.3 Å². The molecule has 0 radical (unpaired) electrons. The average molecular weight is 473 g/mol. The van der Waals surface area contributed by atoms with E-state index in [0.717, 1.165) is 27.6 Å². The molecule has 4 aromatic carbocycles. The van der Waals surface area contributed by atoms with E-state index in [1.54, 1.807) is 24.3 Å². The second-order valence-electron chi connectivity index (χ2n) is 8.57. The zero-order valence-corrected chi connectivity index (χ0v) is 20.6. The number of rotatable bonds is 6. The number of aryl methyl sites for hydroxylation is 3. The molecule has 0 atom stereocenters. The van der Waals surface area contributed by atoms with Crippen molar-refractivity contribution >= 4 is 38.1 Å². The summed E-state index contributed by atoms with van der Waals surface area (Å²) in [4.78, 5) is 13.4. The van der Waals surface area contributed by atoms with Crippen molar-refractivity contribution in [3.63, 3.8) is 0 Å². The van der Waals surface area contributed by atoms with Gasteiger partial charge in [0.2, 0.25) is 5.91 Å². The molecule has 0 aliphatic rings. The lowest BCUT2D eigenvalue weighted by molar-refractivity contribution is -0.114. The van der Waals surface area contributed by atoms with Crippen molar-refractivity contribution < 1.29 is 13.2 Å². The first-order chi connectivity index (χ1) is 16.2. The van der Waals surface area contributed by atoms with Gasteiger partial charge in [0.1, 0.15) is 6.54 Å². The van der Waals surface area contributed by atoms with Crippen molar-refractivity contribution in [2.45, 2.75) is 32.6 Å². The van der Waals surface area contributed by atoms with Gasteiger partial charge in [-0.15, -0.1) is 0 Å². The molecule has 0 spiro atoms. The SMILES string of the molecule is Cc1ccc(C)c(NC(=O)CN(c2cccc(C)c2C)S(=O)(=O)c2cccc3ccccc23)c1. The number of carbonyl (C=O) groups is 1. The minimum Gasteiger partial charge on any atom is -0.324 e. The zero-order valence-electron chi connectivity index (χ0n) is 19.8. The van der Waals surface area contributed by atoms with Crippen LogP contribution in [0.1, 0.15) is 22.3 Å². The molecule has 5 nitrogen and oxygen atoms in total. The summed E-state index contributed by atoms with van der Waals surface area (Å²) in [6, 6.07) is 23.8. The van der Waals surface area contributed by atoms with E-state index < -0.39 is 15.9 Å². The molecule has 1 amide bonds. The smallest absolute Gasteiger partial charge is 0.265 e. The van der Waals surface area contributed by atoms with Crippen molar-refractivity contribution in [1.29, 1.82) is 0 Å². The van der Waals surface area contributed by atoms with Crippen LogP contribution < -0.4 is 9.62 Å². The fourth-order valence-corrected chi connectivity index (χ4v) is 5.73. The molecule has 0 aromatic heterocycles. The molecule has 1 N–H and O–H groups in total. The van der Waals surface area contributed by atoms with E-state index in [0.29, 0.717) is 16.8 Å². The van der Waals surface area contributed by atoms with Crippen LogP contribution in [0.4, 0.5) is 11.4 Å². The van der Waals surface area contributed by atoms with Crippen LogP contribution >= 0.6 is 0 Å². The Kier molecular flexibility index (Phi) is 6.44. The Morgan fingerprint density at radius 1 is 0.824 bits per heavy atom. The van der Waals surface area contributed by atoms with Crippen molar-refractivity contribution in [1.82, 2.24) is 0 Å². The molecule has 0 saturated heterocycles. The molecule has 0 bridgehead atoms. The van der Waals surface area contributed by atoms with Gasteiger partial charge in [0, 0.05) is 11.1 Å². The predicted molar refractivity (Wildman–Crippen MR) is 139 cm³/mol. The third-order valence-corrected chi connectivity index (χ3v) is 7.93. The van der Waals surface area contributed by atoms with Crippen LogP contribution in [0.15, 0.2) is 83.8 Å². The highest BCUT2D eigenvalue weighted by molar-refractivity contribution is 7.93. The average Bonchev–Trinajstić information content (AvgIpc) is 2.81. The van der Waals surface area contributed by atoms with Gasteiger partial charge in [-0.1, -0.05) is 60.7 Å². The fraction of sp³-hybridized carbons (Fsp3) is 0.179. The molecule has 0 aliphatic carbocycles. The third-order valence-electron chi connectivity index (χ3n) is 6.12. The van der Waals surface area contributed by atoms with Gasteiger partial charge in [-0.05, 0) is 73.5 Å². The number of hydrogen-bond donors (Lipinski definition) is 1. The molecule has 4 rings (SSSR count). The van der Waals surface area contributed by atoms with E-state index >= 15 is 0 Å². The highest BCUT2D eigenvalue weighted by Crippen LogP contribution is 2.32. The molecule has 0 saturated carbocycles. The first-order valence-corrected chi connectivity index (χ1v) is 12.6. The molecule has 0 unspecified atom stereocenters. The standard InChI is InChI=1S/C28H28N2O3S/c1-19-15-16-21(3)25(17-19)29-28(31)18-30(26-13-7-9-20(2)22(26)4)34(32,33)27-14-8-11-23-10-5-6-12-24(23)27/h5-17H,18H2,1-4H3,(H,29,31). The van der Waals surface area contributed by atoms with Gasteiger partial charge in [-0.25, -0.2) is 8.42 Å². The van der Waals surface area contributed by atoms with Crippen LogP contribution in [0.2, 0.25) is 0 Å². The van der Waals surface area contributed by atoms with E-state index in [1.165, 1.54) is 4.31 Å². The lowest BCUT2D eigenvalue weighted by atomic mass is 10.1. The summed E-state index contributed by atoms with van der Waals surface area (Å²) in [5.41, 5.74) is 4.85. The summed E-state index contributed by atoms with van der Waals surface area (Å²) >= 11 is 0. The highest BCUT2D eigenvalue weighted by atomic mass is 32.2. The van der Waals surface area contributed by atoms with E-state index in [4.69, 9.17) is 0 Å². The van der Waals surface area contributed by atoms with Gasteiger partial charge in [0.15, 0.2) is 0 Å². The molecular weight excluding hydrogens is 444 g/mol. The van der Waals surface area contributed by atoms with Crippen LogP contribution in [0.25, 0.3) is 10.8 Å². The number of carbonyl (C=O) groups excluding carboxylic acids is 1. The molecule has 0 heterocycles. The lowest BCUT2D eigenvalue weighted by Gasteiger charge is -2.27. The van der Waals surface area contributed by atoms with Gasteiger partial charge >= 0.3 is 0 Å². The summed E-state index contributed by atoms with van der Waals surface area (Å²) in [6.07, 6.45) is 0. The normalized spacial score (nSPS) is 11.4. The minimum atomic E-state index is -4.05. The van der Waals surface area contributed by atoms with Crippen LogP contribution in [-0.4, -0.2) is 20.9 Å². The quantitative estimate of drug-likeness (QED) is 0.379. The van der Waals surface area contributed by atoms with Gasteiger partial charge in [0.05, 0.1) is 10.6 Å².